The van der Waals surface area contributed by atoms with Gasteiger partial charge in [0.05, 0.1) is 35.9 Å². The molecule has 0 fully saturated rings. The van der Waals surface area contributed by atoms with Gasteiger partial charge in [-0.1, -0.05) is 0 Å². The lowest BCUT2D eigenvalue weighted by atomic mass is 10.0. The molecule has 0 aliphatic carbocycles. The molecule has 0 heterocycles. The predicted molar refractivity (Wildman–Crippen MR) is 114 cm³/mol. The number of methoxy groups -OCH3 is 2. The van der Waals surface area contributed by atoms with Crippen molar-refractivity contribution in [3.05, 3.63) is 58.1 Å². The van der Waals surface area contributed by atoms with Gasteiger partial charge in [0.25, 0.3) is 5.91 Å². The number of hydrogen-bond acceptors (Lipinski definition) is 7. The van der Waals surface area contributed by atoms with Crippen LogP contribution in [0.3, 0.4) is 0 Å². The Bertz CT molecular complexity index is 1150. The maximum Gasteiger partial charge on any atom is 0.339 e. The summed E-state index contributed by atoms with van der Waals surface area (Å²) >= 11 is 0. The molecule has 9 nitrogen and oxygen atoms in total. The summed E-state index contributed by atoms with van der Waals surface area (Å²) in [6.07, 6.45) is 0. The highest BCUT2D eigenvalue weighted by Gasteiger charge is 2.24. The maximum atomic E-state index is 13.0. The minimum Gasteiger partial charge on any atom is -0.465 e. The van der Waals surface area contributed by atoms with Crippen LogP contribution < -0.4 is 5.32 Å². The van der Waals surface area contributed by atoms with Gasteiger partial charge in [-0.25, -0.2) is 22.3 Å². The lowest BCUT2D eigenvalue weighted by molar-refractivity contribution is 0.0587. The molecule has 0 saturated carbocycles. The number of aryl methyl sites for hydroxylation is 1. The van der Waals surface area contributed by atoms with Gasteiger partial charge in [-0.15, -0.1) is 0 Å². The van der Waals surface area contributed by atoms with Gasteiger partial charge in [0.1, 0.15) is 0 Å². The first-order valence-electron chi connectivity index (χ1n) is 9.09. The number of carbonyl (C=O) groups is 3. The Morgan fingerprint density at radius 2 is 1.52 bits per heavy atom. The van der Waals surface area contributed by atoms with Crippen molar-refractivity contribution in [1.29, 1.82) is 0 Å². The van der Waals surface area contributed by atoms with Crippen molar-refractivity contribution in [2.45, 2.75) is 18.7 Å². The van der Waals surface area contributed by atoms with E-state index in [9.17, 15) is 22.8 Å². The molecule has 2 aromatic carbocycles. The van der Waals surface area contributed by atoms with E-state index >= 15 is 0 Å². The van der Waals surface area contributed by atoms with Crippen LogP contribution in [0.15, 0.2) is 35.2 Å². The van der Waals surface area contributed by atoms with Gasteiger partial charge in [0.15, 0.2) is 0 Å². The molecule has 2 rings (SSSR count). The van der Waals surface area contributed by atoms with Crippen molar-refractivity contribution in [1.82, 2.24) is 4.31 Å². The number of rotatable bonds is 6. The smallest absolute Gasteiger partial charge is 0.339 e. The zero-order valence-electron chi connectivity index (χ0n) is 18.1. The summed E-state index contributed by atoms with van der Waals surface area (Å²) in [4.78, 5) is 36.9. The van der Waals surface area contributed by atoms with Crippen molar-refractivity contribution in [2.75, 3.05) is 33.6 Å². The van der Waals surface area contributed by atoms with E-state index in [1.165, 1.54) is 52.6 Å². The summed E-state index contributed by atoms with van der Waals surface area (Å²) < 4.78 is 35.8. The highest BCUT2D eigenvalue weighted by Crippen LogP contribution is 2.25. The molecule has 10 heteroatoms. The molecule has 2 aromatic rings. The van der Waals surface area contributed by atoms with Crippen LogP contribution in [-0.2, 0) is 19.5 Å². The van der Waals surface area contributed by atoms with Crippen LogP contribution in [0.4, 0.5) is 5.69 Å². The molecular formula is C21H24N2O7S. The van der Waals surface area contributed by atoms with E-state index in [4.69, 9.17) is 4.74 Å². The van der Waals surface area contributed by atoms with E-state index < -0.39 is 27.9 Å². The highest BCUT2D eigenvalue weighted by molar-refractivity contribution is 7.89. The summed E-state index contributed by atoms with van der Waals surface area (Å²) in [7, 11) is 1.40. The number of carbonyl (C=O) groups excluding carboxylic acids is 3. The molecule has 1 N–H and O–H groups in total. The number of esters is 2. The number of hydrogen-bond donors (Lipinski definition) is 1. The predicted octanol–water partition coefficient (Wildman–Crippen LogP) is 2.38. The minimum absolute atomic E-state index is 0.000784. The number of nitrogens with one attached hydrogen (secondary N) is 1. The lowest BCUT2D eigenvalue weighted by Crippen LogP contribution is -2.24. The summed E-state index contributed by atoms with van der Waals surface area (Å²) in [5, 5.41) is 2.56. The van der Waals surface area contributed by atoms with Gasteiger partial charge >= 0.3 is 11.9 Å². The number of nitrogens with zero attached hydrogens (tertiary/aromatic N) is 1. The largest absolute Gasteiger partial charge is 0.465 e. The van der Waals surface area contributed by atoms with Gasteiger partial charge in [-0.05, 0) is 55.3 Å². The van der Waals surface area contributed by atoms with Crippen molar-refractivity contribution in [2.24, 2.45) is 0 Å². The maximum absolute atomic E-state index is 13.0. The zero-order chi connectivity index (χ0) is 23.5. The fourth-order valence-electron chi connectivity index (χ4n) is 2.80. The summed E-state index contributed by atoms with van der Waals surface area (Å²) in [6.45, 7) is 3.35. The molecular weight excluding hydrogens is 424 g/mol. The Morgan fingerprint density at radius 3 is 2.06 bits per heavy atom. The molecule has 0 bridgehead atoms. The standard InChI is InChI=1S/C21H24N2O7S/c1-12-9-15(11-18(13(12)2)31(27,28)23(3)4)19(24)22-17-10-14(20(25)29-5)7-8-16(17)21(26)30-6/h7-11H,1-6H3,(H,22,24). The van der Waals surface area contributed by atoms with Crippen LogP contribution in [0.25, 0.3) is 0 Å². The topological polar surface area (TPSA) is 119 Å². The van der Waals surface area contributed by atoms with Gasteiger partial charge in [-0.3, -0.25) is 4.79 Å². The first kappa shape index (κ1) is 24.0. The Balaban J connectivity index is 2.56. The Labute approximate surface area is 181 Å². The number of benzene rings is 2. The van der Waals surface area contributed by atoms with E-state index in [2.05, 4.69) is 10.1 Å². The van der Waals surface area contributed by atoms with Crippen LogP contribution in [0.5, 0.6) is 0 Å². The van der Waals surface area contributed by atoms with Crippen molar-refractivity contribution in [3.8, 4) is 0 Å². The van der Waals surface area contributed by atoms with Crippen molar-refractivity contribution in [3.63, 3.8) is 0 Å². The second-order valence-corrected chi connectivity index (χ2v) is 9.02. The number of sulfonamides is 1. The lowest BCUT2D eigenvalue weighted by Gasteiger charge is -2.17. The summed E-state index contributed by atoms with van der Waals surface area (Å²) in [5.74, 6) is -2.04. The molecule has 1 amide bonds. The molecule has 0 saturated heterocycles. The first-order chi connectivity index (χ1) is 14.4. The van der Waals surface area contributed by atoms with Crippen LogP contribution in [-0.4, -0.2) is 58.9 Å². The molecule has 31 heavy (non-hydrogen) atoms. The van der Waals surface area contributed by atoms with Crippen molar-refractivity contribution >= 4 is 33.6 Å². The van der Waals surface area contributed by atoms with E-state index in [0.29, 0.717) is 11.1 Å². The first-order valence-corrected chi connectivity index (χ1v) is 10.5. The number of anilines is 1. The Morgan fingerprint density at radius 1 is 0.903 bits per heavy atom. The van der Waals surface area contributed by atoms with Crippen LogP contribution in [0, 0.1) is 13.8 Å². The van der Waals surface area contributed by atoms with Gasteiger partial charge < -0.3 is 14.8 Å². The molecule has 166 valence electrons. The van der Waals surface area contributed by atoms with Gasteiger partial charge in [0, 0.05) is 19.7 Å². The van der Waals surface area contributed by atoms with E-state index in [1.54, 1.807) is 19.9 Å². The SMILES string of the molecule is COC(=O)c1ccc(C(=O)OC)c(NC(=O)c2cc(C)c(C)c(S(=O)(=O)N(C)C)c2)c1. The van der Waals surface area contributed by atoms with Crippen LogP contribution in [0.1, 0.15) is 42.2 Å². The average molecular weight is 448 g/mol. The monoisotopic (exact) mass is 448 g/mol. The third-order valence-electron chi connectivity index (χ3n) is 4.73. The van der Waals surface area contributed by atoms with Crippen LogP contribution in [0.2, 0.25) is 0 Å². The Hall–Kier alpha value is -3.24. The molecule has 0 unspecified atom stereocenters. The molecule has 0 aromatic heterocycles. The summed E-state index contributed by atoms with van der Waals surface area (Å²) in [6, 6.07) is 6.80. The fourth-order valence-corrected chi connectivity index (χ4v) is 4.01. The molecule has 0 aliphatic heterocycles. The molecule has 0 atom stereocenters. The average Bonchev–Trinajstić information content (AvgIpc) is 2.73. The normalized spacial score (nSPS) is 11.2. The number of ether oxygens (including phenoxy) is 2. The zero-order valence-corrected chi connectivity index (χ0v) is 18.9. The van der Waals surface area contributed by atoms with Crippen molar-refractivity contribution < 1.29 is 32.3 Å². The molecule has 0 spiro atoms. The second kappa shape index (κ2) is 9.27. The third kappa shape index (κ3) is 4.92. The fraction of sp³-hybridized carbons (Fsp3) is 0.286. The summed E-state index contributed by atoms with van der Waals surface area (Å²) in [5.41, 5.74) is 1.35. The second-order valence-electron chi connectivity index (χ2n) is 6.90. The third-order valence-corrected chi connectivity index (χ3v) is 6.68. The van der Waals surface area contributed by atoms with Crippen LogP contribution >= 0.6 is 0 Å². The quantitative estimate of drug-likeness (QED) is 0.674. The number of amides is 1. The minimum atomic E-state index is -3.79. The van der Waals surface area contributed by atoms with E-state index in [1.807, 2.05) is 0 Å². The molecule has 0 aliphatic rings. The molecule has 0 radical (unpaired) electrons. The Kier molecular flexibility index (Phi) is 7.19. The highest BCUT2D eigenvalue weighted by atomic mass is 32.2. The van der Waals surface area contributed by atoms with Gasteiger partial charge in [0.2, 0.25) is 10.0 Å². The van der Waals surface area contributed by atoms with E-state index in [-0.39, 0.29) is 27.3 Å². The van der Waals surface area contributed by atoms with Gasteiger partial charge in [-0.2, -0.15) is 0 Å². The van der Waals surface area contributed by atoms with E-state index in [0.717, 1.165) is 4.31 Å².